The number of nitrogens with two attached hydrogens (primary N) is 4. The Kier molecular flexibility index (Phi) is 73.2. The van der Waals surface area contributed by atoms with Crippen LogP contribution in [0.5, 0.6) is 0 Å². The Bertz CT molecular complexity index is 1020. The van der Waals surface area contributed by atoms with Gasteiger partial charge in [0.25, 0.3) is 0 Å². The molecule has 0 bridgehead atoms. The highest BCUT2D eigenvalue weighted by molar-refractivity contribution is 5.94. The second-order valence-corrected chi connectivity index (χ2v) is 14.4. The lowest BCUT2D eigenvalue weighted by Gasteiger charge is -2.28. The quantitative estimate of drug-likeness (QED) is 0.0261. The summed E-state index contributed by atoms with van der Waals surface area (Å²) in [6.07, 6.45) is 0.385. The lowest BCUT2D eigenvalue weighted by atomic mass is 9.90. The molecule has 0 aliphatic rings. The van der Waals surface area contributed by atoms with Crippen molar-refractivity contribution in [3.8, 4) is 0 Å². The summed E-state index contributed by atoms with van der Waals surface area (Å²) in [5.41, 5.74) is 25.0. The first kappa shape index (κ1) is 75.5. The van der Waals surface area contributed by atoms with Crippen molar-refractivity contribution in [2.24, 2.45) is 28.3 Å². The molecule has 0 saturated heterocycles. The number of Topliss-reactive ketones (excluding diaryl/α,β-unsaturated/α-hetero) is 2. The van der Waals surface area contributed by atoms with E-state index >= 15 is 0 Å². The molecule has 0 fully saturated rings. The third-order valence-corrected chi connectivity index (χ3v) is 6.97. The molecule has 18 nitrogen and oxygen atoms in total. The average molecular weight is 883 g/mol. The van der Waals surface area contributed by atoms with Crippen LogP contribution in [-0.4, -0.2) is 172 Å². The summed E-state index contributed by atoms with van der Waals surface area (Å²) in [4.78, 5) is 38.0. The predicted molar refractivity (Wildman–Crippen MR) is 253 cm³/mol. The fourth-order valence-corrected chi connectivity index (χ4v) is 3.72. The first-order chi connectivity index (χ1) is 28.6. The van der Waals surface area contributed by atoms with E-state index in [1.54, 1.807) is 20.8 Å². The number of allylic oxidation sites excluding steroid dienone is 3. The molecule has 0 aliphatic carbocycles. The van der Waals surface area contributed by atoms with E-state index in [1.807, 2.05) is 34.3 Å². The van der Waals surface area contributed by atoms with Crippen LogP contribution in [0.3, 0.4) is 0 Å². The number of hydrogen-bond acceptors (Lipinski definition) is 18. The average Bonchev–Trinajstić information content (AvgIpc) is 3.22. The zero-order valence-corrected chi connectivity index (χ0v) is 39.4. The van der Waals surface area contributed by atoms with Gasteiger partial charge in [-0.05, 0) is 72.0 Å². The van der Waals surface area contributed by atoms with Gasteiger partial charge in [0, 0.05) is 104 Å². The van der Waals surface area contributed by atoms with Crippen molar-refractivity contribution in [1.29, 1.82) is 0 Å². The van der Waals surface area contributed by atoms with Gasteiger partial charge in [0.2, 0.25) is 0 Å². The molecular formula is C43H94N8O10. The van der Waals surface area contributed by atoms with Crippen molar-refractivity contribution >= 4 is 25.1 Å². The van der Waals surface area contributed by atoms with Gasteiger partial charge in [-0.15, -0.1) is 13.2 Å². The summed E-state index contributed by atoms with van der Waals surface area (Å²) in [5, 5.41) is 64.5. The Labute approximate surface area is 369 Å². The third kappa shape index (κ3) is 78.1. The Balaban J connectivity index is -0.0000000989. The zero-order chi connectivity index (χ0) is 49.8. The molecule has 0 aromatic rings. The van der Waals surface area contributed by atoms with Crippen molar-refractivity contribution in [2.75, 3.05) is 92.3 Å². The number of rotatable bonds is 28. The molecule has 366 valence electrons. The molecule has 5 unspecified atom stereocenters. The fraction of sp³-hybridized carbons (Fsp3) is 0.721. The Hall–Kier alpha value is -2.92. The van der Waals surface area contributed by atoms with E-state index in [0.717, 1.165) is 51.8 Å². The van der Waals surface area contributed by atoms with Gasteiger partial charge < -0.3 is 84.4 Å². The van der Waals surface area contributed by atoms with Gasteiger partial charge in [0.1, 0.15) is 13.6 Å². The van der Waals surface area contributed by atoms with Gasteiger partial charge in [-0.2, -0.15) is 0 Å². The van der Waals surface area contributed by atoms with Crippen LogP contribution in [0.15, 0.2) is 48.6 Å². The van der Waals surface area contributed by atoms with E-state index in [-0.39, 0.29) is 36.2 Å². The maximum absolute atomic E-state index is 11.1. The van der Waals surface area contributed by atoms with Gasteiger partial charge in [-0.3, -0.25) is 9.59 Å². The summed E-state index contributed by atoms with van der Waals surface area (Å²) in [7, 11) is 1.00. The number of aliphatic hydroxyl groups excluding tert-OH is 6. The van der Waals surface area contributed by atoms with Crippen molar-refractivity contribution in [3.63, 3.8) is 0 Å². The first-order valence-corrected chi connectivity index (χ1v) is 20.2. The monoisotopic (exact) mass is 883 g/mol. The Morgan fingerprint density at radius 1 is 0.623 bits per heavy atom. The summed E-state index contributed by atoms with van der Waals surface area (Å²) in [6, 6.07) is 0. The largest absolute Gasteiger partial charge is 0.400 e. The molecule has 18 heteroatoms. The number of hydrogen-bond donors (Lipinski definition) is 14. The van der Waals surface area contributed by atoms with Crippen molar-refractivity contribution in [1.82, 2.24) is 21.3 Å². The summed E-state index contributed by atoms with van der Waals surface area (Å²) in [6.45, 7) is 38.7. The van der Waals surface area contributed by atoms with Crippen LogP contribution in [0, 0.1) is 5.41 Å². The summed E-state index contributed by atoms with van der Waals surface area (Å²) < 4.78 is 0. The minimum absolute atomic E-state index is 0.00231. The molecule has 0 aromatic heterocycles. The number of nitrogens with one attached hydrogen (secondary N) is 4. The van der Waals surface area contributed by atoms with E-state index in [2.05, 4.69) is 54.5 Å². The van der Waals surface area contributed by atoms with E-state index in [4.69, 9.17) is 58.1 Å². The summed E-state index contributed by atoms with van der Waals surface area (Å²) >= 11 is 0. The molecule has 0 amide bonds. The molecule has 0 rings (SSSR count). The number of aliphatic hydroxyl groups is 6. The third-order valence-electron chi connectivity index (χ3n) is 6.97. The fourth-order valence-electron chi connectivity index (χ4n) is 3.72. The Morgan fingerprint density at radius 3 is 1.28 bits per heavy atom. The van der Waals surface area contributed by atoms with Crippen molar-refractivity contribution in [3.05, 3.63) is 48.6 Å². The second-order valence-electron chi connectivity index (χ2n) is 14.4. The highest BCUT2D eigenvalue weighted by atomic mass is 16.3. The van der Waals surface area contributed by atoms with Gasteiger partial charge in [0.05, 0.1) is 31.0 Å². The predicted octanol–water partition coefficient (Wildman–Crippen LogP) is -0.761. The molecule has 0 spiro atoms. The van der Waals surface area contributed by atoms with Gasteiger partial charge in [0.15, 0.2) is 11.6 Å². The molecule has 18 N–H and O–H groups in total. The maximum Gasteiger partial charge on any atom is 0.158 e. The lowest BCUT2D eigenvalue weighted by Crippen LogP contribution is -2.47. The van der Waals surface area contributed by atoms with Crippen LogP contribution in [0.4, 0.5) is 0 Å². The van der Waals surface area contributed by atoms with E-state index in [0.29, 0.717) is 76.1 Å². The highest BCUT2D eigenvalue weighted by Crippen LogP contribution is 2.10. The number of carbonyl (C=O) groups is 4. The van der Waals surface area contributed by atoms with E-state index < -0.39 is 18.3 Å². The number of carbonyl (C=O) groups excluding carboxylic acids is 4. The molecule has 61 heavy (non-hydrogen) atoms. The standard InChI is InChI=1S/C12H31N5O2.C10H20N2O2.C8H15NO2.C6H12O.C4H8.CH4O.2CH2O/c1-12(8-14,9-16-3-2-13)10-17-5-4-15-6-11(19)7-18;1-8(2)10(14)4-3-9(13)7-12-6-5-11;1-6(2)8(11)4-3-7(10)5-9;1-5(2)4-6(3)7;1-4(2)3;3*1-2/h11,15-19H,2-10,13-14H2,1H3;9,12-13H,1,3-7,11H2,2H3;7,10H,1,3-5,9H2,2H3;6-7H,1,4H2,2-3H3;1H2,2-3H3;2H,1H3;2*1H2. The zero-order valence-electron chi connectivity index (χ0n) is 39.4. The molecule has 0 radical (unpaired) electrons. The van der Waals surface area contributed by atoms with Crippen LogP contribution in [-0.2, 0) is 19.2 Å². The van der Waals surface area contributed by atoms with Gasteiger partial charge in [-0.25, -0.2) is 0 Å². The van der Waals surface area contributed by atoms with Gasteiger partial charge >= 0.3 is 0 Å². The molecule has 0 aliphatic heterocycles. The molecule has 5 atom stereocenters. The topological polar surface area (TPSA) is 342 Å². The number of ketones is 2. The van der Waals surface area contributed by atoms with Crippen LogP contribution < -0.4 is 44.2 Å². The van der Waals surface area contributed by atoms with E-state index in [1.165, 1.54) is 5.57 Å². The SMILES string of the molecule is C=C(C)C.C=C(C)C(=O)CCC(O)CN.C=C(C)C(=O)CCC(O)CNCCN.C=C(C)CC(C)O.C=O.C=O.CC(CN)(CNCCN)CNCCNCC(O)CO.CO. The Morgan fingerprint density at radius 2 is 0.967 bits per heavy atom. The summed E-state index contributed by atoms with van der Waals surface area (Å²) in [5.74, 6) is 0.0142. The van der Waals surface area contributed by atoms with Crippen molar-refractivity contribution in [2.45, 2.75) is 105 Å². The molecule has 0 heterocycles. The normalized spacial score (nSPS) is 12.4. The lowest BCUT2D eigenvalue weighted by molar-refractivity contribution is -0.116. The van der Waals surface area contributed by atoms with Crippen molar-refractivity contribution < 1.29 is 49.8 Å². The molecule has 0 aromatic carbocycles. The molecular weight excluding hydrogens is 789 g/mol. The van der Waals surface area contributed by atoms with Crippen LogP contribution >= 0.6 is 0 Å². The minimum atomic E-state index is -0.685. The van der Waals surface area contributed by atoms with Crippen LogP contribution in [0.2, 0.25) is 0 Å². The van der Waals surface area contributed by atoms with Crippen LogP contribution in [0.25, 0.3) is 0 Å². The minimum Gasteiger partial charge on any atom is -0.400 e. The van der Waals surface area contributed by atoms with Gasteiger partial charge in [-0.1, -0.05) is 31.2 Å². The first-order valence-electron chi connectivity index (χ1n) is 20.2. The molecule has 0 saturated carbocycles. The van der Waals surface area contributed by atoms with Crippen LogP contribution in [0.1, 0.15) is 80.6 Å². The smallest absolute Gasteiger partial charge is 0.158 e. The van der Waals surface area contributed by atoms with E-state index in [9.17, 15) is 14.7 Å². The maximum atomic E-state index is 11.1. The second kappa shape index (κ2) is 59.2. The highest BCUT2D eigenvalue weighted by Gasteiger charge is 2.21.